The maximum Gasteiger partial charge on any atom is 0.164 e. The number of aryl methyl sites for hydroxylation is 2. The van der Waals surface area contributed by atoms with Gasteiger partial charge in [0.2, 0.25) is 0 Å². The Kier molecular flexibility index (Phi) is 2.58. The zero-order valence-electron chi connectivity index (χ0n) is 10.9. The molecule has 0 aliphatic heterocycles. The van der Waals surface area contributed by atoms with Gasteiger partial charge in [0.25, 0.3) is 0 Å². The predicted octanol–water partition coefficient (Wildman–Crippen LogP) is 3.61. The largest absolute Gasteiger partial charge is 0.320 e. The van der Waals surface area contributed by atoms with Crippen molar-refractivity contribution in [3.05, 3.63) is 52.8 Å². The molecule has 1 aromatic heterocycles. The van der Waals surface area contributed by atoms with Gasteiger partial charge in [0.15, 0.2) is 5.78 Å². The number of Topliss-reactive ketones (excluding diaryl/α,β-unsaturated/α-hetero) is 1. The molecule has 2 nitrogen and oxygen atoms in total. The lowest BCUT2D eigenvalue weighted by Gasteiger charge is -2.15. The first-order chi connectivity index (χ1) is 8.65. The summed E-state index contributed by atoms with van der Waals surface area (Å²) in [6, 6.07) is 8.48. The number of hydrogen-bond donors (Lipinski definition) is 0. The minimum atomic E-state index is 0.291. The third-order valence-electron chi connectivity index (χ3n) is 3.59. The van der Waals surface area contributed by atoms with Gasteiger partial charge in [0, 0.05) is 29.6 Å². The summed E-state index contributed by atoms with van der Waals surface area (Å²) >= 11 is 0. The number of nitrogens with zero attached hydrogens (tertiary/aromatic N) is 1. The maximum absolute atomic E-state index is 11.9. The highest BCUT2D eigenvalue weighted by molar-refractivity contribution is 5.98. The molecule has 1 heterocycles. The van der Waals surface area contributed by atoms with Crippen LogP contribution in [0, 0.1) is 13.8 Å². The van der Waals surface area contributed by atoms with Crippen LogP contribution in [-0.4, -0.2) is 10.4 Å². The molecule has 1 aliphatic carbocycles. The molecule has 0 N–H and O–H groups in total. The lowest BCUT2D eigenvalue weighted by atomic mass is 9.96. The van der Waals surface area contributed by atoms with Crippen LogP contribution < -0.4 is 0 Å². The van der Waals surface area contributed by atoms with Crippen molar-refractivity contribution in [3.63, 3.8) is 0 Å². The molecule has 0 unspecified atom stereocenters. The van der Waals surface area contributed by atoms with Gasteiger partial charge in [-0.25, -0.2) is 0 Å². The molecule has 0 saturated carbocycles. The fraction of sp³-hybridized carbons (Fsp3) is 0.312. The second kappa shape index (κ2) is 4.13. The van der Waals surface area contributed by atoms with Crippen molar-refractivity contribution in [2.75, 3.05) is 0 Å². The number of hydrogen-bond acceptors (Lipinski definition) is 1. The molecule has 18 heavy (non-hydrogen) atoms. The van der Waals surface area contributed by atoms with E-state index in [4.69, 9.17) is 0 Å². The zero-order valence-corrected chi connectivity index (χ0v) is 10.9. The third kappa shape index (κ3) is 1.78. The first-order valence-corrected chi connectivity index (χ1v) is 6.47. The molecular weight excluding hydrogens is 222 g/mol. The van der Waals surface area contributed by atoms with E-state index in [1.54, 1.807) is 0 Å². The Morgan fingerprint density at radius 1 is 1.06 bits per heavy atom. The summed E-state index contributed by atoms with van der Waals surface area (Å²) in [7, 11) is 0. The average molecular weight is 239 g/mol. The number of aromatic nitrogens is 1. The molecule has 0 fully saturated rings. The van der Waals surface area contributed by atoms with E-state index in [0.29, 0.717) is 12.2 Å². The molecule has 1 aliphatic rings. The van der Waals surface area contributed by atoms with Gasteiger partial charge < -0.3 is 4.57 Å². The Balaban J connectivity index is 2.15. The summed E-state index contributed by atoms with van der Waals surface area (Å²) < 4.78 is 2.17. The molecule has 0 amide bonds. The van der Waals surface area contributed by atoms with Gasteiger partial charge in [0.1, 0.15) is 0 Å². The van der Waals surface area contributed by atoms with Crippen molar-refractivity contribution < 1.29 is 4.79 Å². The van der Waals surface area contributed by atoms with Crippen molar-refractivity contribution in [1.29, 1.82) is 0 Å². The van der Waals surface area contributed by atoms with Crippen molar-refractivity contribution >= 4 is 5.78 Å². The standard InChI is InChI=1S/C16H17NO/c1-11-8-12(2)10-13(9-11)17-7-6-14-15(17)4-3-5-16(14)18/h6-10H,3-5H2,1-2H3. The molecule has 0 saturated heterocycles. The third-order valence-corrected chi connectivity index (χ3v) is 3.59. The maximum atomic E-state index is 11.9. The number of fused-ring (bicyclic) bond motifs is 1. The monoisotopic (exact) mass is 239 g/mol. The summed E-state index contributed by atoms with van der Waals surface area (Å²) in [6.45, 7) is 4.22. The van der Waals surface area contributed by atoms with Crippen LogP contribution in [0.25, 0.3) is 5.69 Å². The SMILES string of the molecule is Cc1cc(C)cc(-n2ccc3c2CCCC3=O)c1. The van der Waals surface area contributed by atoms with Crippen LogP contribution >= 0.6 is 0 Å². The quantitative estimate of drug-likeness (QED) is 0.745. The highest BCUT2D eigenvalue weighted by atomic mass is 16.1. The summed E-state index contributed by atoms with van der Waals surface area (Å²) in [4.78, 5) is 11.9. The minimum absolute atomic E-state index is 0.291. The van der Waals surface area contributed by atoms with Gasteiger partial charge in [-0.2, -0.15) is 0 Å². The van der Waals surface area contributed by atoms with Gasteiger partial charge in [-0.15, -0.1) is 0 Å². The Hall–Kier alpha value is -1.83. The lowest BCUT2D eigenvalue weighted by molar-refractivity contribution is 0.0972. The Morgan fingerprint density at radius 3 is 2.50 bits per heavy atom. The number of carbonyl (C=O) groups is 1. The van der Waals surface area contributed by atoms with Crippen LogP contribution in [0.4, 0.5) is 0 Å². The van der Waals surface area contributed by atoms with Crippen LogP contribution in [0.15, 0.2) is 30.5 Å². The first kappa shape index (κ1) is 11.3. The molecule has 0 bridgehead atoms. The van der Waals surface area contributed by atoms with Gasteiger partial charge in [-0.1, -0.05) is 6.07 Å². The van der Waals surface area contributed by atoms with E-state index in [2.05, 4.69) is 36.6 Å². The Morgan fingerprint density at radius 2 is 1.78 bits per heavy atom. The number of benzene rings is 1. The lowest BCUT2D eigenvalue weighted by Crippen LogP contribution is -2.12. The highest BCUT2D eigenvalue weighted by Crippen LogP contribution is 2.26. The highest BCUT2D eigenvalue weighted by Gasteiger charge is 2.20. The molecule has 92 valence electrons. The molecular formula is C16H17NO. The number of carbonyl (C=O) groups excluding carboxylic acids is 1. The van der Waals surface area contributed by atoms with Crippen LogP contribution in [0.3, 0.4) is 0 Å². The average Bonchev–Trinajstić information content (AvgIpc) is 2.73. The van der Waals surface area contributed by atoms with Crippen molar-refractivity contribution in [1.82, 2.24) is 4.57 Å². The fourth-order valence-electron chi connectivity index (χ4n) is 2.86. The Labute approximate surface area is 107 Å². The van der Waals surface area contributed by atoms with Crippen LogP contribution in [-0.2, 0) is 6.42 Å². The van der Waals surface area contributed by atoms with Gasteiger partial charge >= 0.3 is 0 Å². The minimum Gasteiger partial charge on any atom is -0.320 e. The molecule has 2 aromatic rings. The second-order valence-corrected chi connectivity index (χ2v) is 5.17. The molecule has 0 radical (unpaired) electrons. The summed E-state index contributed by atoms with van der Waals surface area (Å²) in [5, 5.41) is 0. The Bertz CT molecular complexity index is 602. The van der Waals surface area contributed by atoms with E-state index in [-0.39, 0.29) is 0 Å². The number of ketones is 1. The van der Waals surface area contributed by atoms with Crippen LogP contribution in [0.5, 0.6) is 0 Å². The summed E-state index contributed by atoms with van der Waals surface area (Å²) in [5.74, 6) is 0.291. The first-order valence-electron chi connectivity index (χ1n) is 6.47. The summed E-state index contributed by atoms with van der Waals surface area (Å²) in [6.07, 6.45) is 4.70. The predicted molar refractivity (Wildman–Crippen MR) is 72.5 cm³/mol. The van der Waals surface area contributed by atoms with E-state index in [1.165, 1.54) is 22.5 Å². The number of rotatable bonds is 1. The smallest absolute Gasteiger partial charge is 0.164 e. The van der Waals surface area contributed by atoms with Crippen molar-refractivity contribution in [2.45, 2.75) is 33.1 Å². The molecule has 2 heteroatoms. The summed E-state index contributed by atoms with van der Waals surface area (Å²) in [5.41, 5.74) is 5.78. The van der Waals surface area contributed by atoms with E-state index in [1.807, 2.05) is 12.3 Å². The van der Waals surface area contributed by atoms with Crippen LogP contribution in [0.1, 0.15) is 40.0 Å². The molecule has 0 spiro atoms. The van der Waals surface area contributed by atoms with Gasteiger partial charge in [0.05, 0.1) is 0 Å². The molecule has 0 atom stereocenters. The van der Waals surface area contributed by atoms with E-state index in [0.717, 1.165) is 18.4 Å². The van der Waals surface area contributed by atoms with Crippen molar-refractivity contribution in [2.24, 2.45) is 0 Å². The second-order valence-electron chi connectivity index (χ2n) is 5.17. The normalized spacial score (nSPS) is 14.7. The topological polar surface area (TPSA) is 22.0 Å². The van der Waals surface area contributed by atoms with E-state index in [9.17, 15) is 4.79 Å². The molecule has 3 rings (SSSR count). The zero-order chi connectivity index (χ0) is 12.7. The van der Waals surface area contributed by atoms with E-state index >= 15 is 0 Å². The van der Waals surface area contributed by atoms with Crippen LogP contribution in [0.2, 0.25) is 0 Å². The van der Waals surface area contributed by atoms with E-state index < -0.39 is 0 Å². The van der Waals surface area contributed by atoms with Crippen molar-refractivity contribution in [3.8, 4) is 5.69 Å². The van der Waals surface area contributed by atoms with Gasteiger partial charge in [-0.05, 0) is 56.0 Å². The molecule has 1 aromatic carbocycles. The van der Waals surface area contributed by atoms with Gasteiger partial charge in [-0.3, -0.25) is 4.79 Å². The fourth-order valence-corrected chi connectivity index (χ4v) is 2.86.